The molecule has 2 amide bonds. The lowest BCUT2D eigenvalue weighted by Gasteiger charge is -2.20. The van der Waals surface area contributed by atoms with Crippen molar-refractivity contribution < 1.29 is 13.9 Å². The molecule has 0 bridgehead atoms. The van der Waals surface area contributed by atoms with E-state index >= 15 is 0 Å². The molecule has 2 atom stereocenters. The van der Waals surface area contributed by atoms with Crippen molar-refractivity contribution in [2.45, 2.75) is 25.8 Å². The van der Waals surface area contributed by atoms with Crippen molar-refractivity contribution in [3.05, 3.63) is 102 Å². The first kappa shape index (κ1) is 24.4. The summed E-state index contributed by atoms with van der Waals surface area (Å²) in [4.78, 5) is 15.4. The van der Waals surface area contributed by atoms with E-state index in [4.69, 9.17) is 4.74 Å². The number of rotatable bonds is 7. The Hall–Kier alpha value is -4.33. The zero-order valence-electron chi connectivity index (χ0n) is 20.9. The van der Waals surface area contributed by atoms with Gasteiger partial charge in [-0.05, 0) is 43.7 Å². The van der Waals surface area contributed by atoms with Crippen molar-refractivity contribution in [1.82, 2.24) is 15.1 Å². The second-order valence-corrected chi connectivity index (χ2v) is 9.04. The molecular weight excluding hydrogens is 469 g/mol. The van der Waals surface area contributed by atoms with Crippen LogP contribution in [0.1, 0.15) is 24.0 Å². The van der Waals surface area contributed by atoms with Gasteiger partial charge in [-0.15, -0.1) is 5.10 Å². The second-order valence-electron chi connectivity index (χ2n) is 9.04. The molecule has 8 heteroatoms. The molecule has 190 valence electrons. The van der Waals surface area contributed by atoms with Crippen molar-refractivity contribution in [2.24, 2.45) is 0 Å². The summed E-state index contributed by atoms with van der Waals surface area (Å²) < 4.78 is 22.0. The standard InChI is InChI=1S/C29H30FN5O2/c1-3-37-28-20(2)27(35(33-28)22-14-8-5-9-15-22)32-29(36)31-25-19-34(26-17-11-10-16-24(26)30)18-23(25)21-12-6-4-7-13-21/h4-17,23,25H,3,18-19H2,1-2H3,(H2,31,32,36). The van der Waals surface area contributed by atoms with Gasteiger partial charge in [0.15, 0.2) is 0 Å². The average Bonchev–Trinajstić information content (AvgIpc) is 3.47. The molecule has 5 rings (SSSR count). The maximum atomic E-state index is 14.6. The lowest BCUT2D eigenvalue weighted by molar-refractivity contribution is 0.248. The molecule has 0 radical (unpaired) electrons. The van der Waals surface area contributed by atoms with Gasteiger partial charge in [0.2, 0.25) is 5.88 Å². The van der Waals surface area contributed by atoms with Crippen molar-refractivity contribution >= 4 is 17.5 Å². The van der Waals surface area contributed by atoms with E-state index in [0.29, 0.717) is 37.1 Å². The topological polar surface area (TPSA) is 71.4 Å². The summed E-state index contributed by atoms with van der Waals surface area (Å²) in [5, 5.41) is 10.7. The van der Waals surface area contributed by atoms with Crippen molar-refractivity contribution in [1.29, 1.82) is 0 Å². The number of nitrogens with zero attached hydrogens (tertiary/aromatic N) is 3. The first-order chi connectivity index (χ1) is 18.0. The van der Waals surface area contributed by atoms with Crippen LogP contribution in [0.5, 0.6) is 5.88 Å². The Bertz CT molecular complexity index is 1360. The van der Waals surface area contributed by atoms with E-state index in [-0.39, 0.29) is 23.8 Å². The maximum absolute atomic E-state index is 14.6. The maximum Gasteiger partial charge on any atom is 0.320 e. The van der Waals surface area contributed by atoms with Gasteiger partial charge < -0.3 is 15.0 Å². The smallest absolute Gasteiger partial charge is 0.320 e. The number of urea groups is 1. The molecule has 1 aromatic heterocycles. The predicted molar refractivity (Wildman–Crippen MR) is 143 cm³/mol. The van der Waals surface area contributed by atoms with Crippen LogP contribution in [0.15, 0.2) is 84.9 Å². The summed E-state index contributed by atoms with van der Waals surface area (Å²) in [5.74, 6) is 0.721. The SMILES string of the molecule is CCOc1nn(-c2ccccc2)c(NC(=O)NC2CN(c3ccccc3F)CC2c2ccccc2)c1C. The number of ether oxygens (including phenoxy) is 1. The highest BCUT2D eigenvalue weighted by molar-refractivity contribution is 5.90. The number of anilines is 2. The van der Waals surface area contributed by atoms with E-state index < -0.39 is 0 Å². The molecule has 2 heterocycles. The summed E-state index contributed by atoms with van der Waals surface area (Å²) in [6.45, 7) is 5.30. The van der Waals surface area contributed by atoms with E-state index in [1.165, 1.54) is 6.07 Å². The van der Waals surface area contributed by atoms with E-state index in [0.717, 1.165) is 16.8 Å². The predicted octanol–water partition coefficient (Wildman–Crippen LogP) is 5.51. The number of nitrogens with one attached hydrogen (secondary N) is 2. The molecule has 1 fully saturated rings. The van der Waals surface area contributed by atoms with Crippen LogP contribution in [-0.2, 0) is 0 Å². The van der Waals surface area contributed by atoms with Gasteiger partial charge in [0.05, 0.1) is 29.6 Å². The molecule has 3 aromatic carbocycles. The molecule has 0 aliphatic carbocycles. The van der Waals surface area contributed by atoms with Crippen molar-refractivity contribution in [3.63, 3.8) is 0 Å². The Morgan fingerprint density at radius 1 is 1.00 bits per heavy atom. The number of benzene rings is 3. The van der Waals surface area contributed by atoms with Gasteiger partial charge >= 0.3 is 6.03 Å². The number of carbonyl (C=O) groups excluding carboxylic acids is 1. The lowest BCUT2D eigenvalue weighted by Crippen LogP contribution is -2.42. The highest BCUT2D eigenvalue weighted by atomic mass is 19.1. The van der Waals surface area contributed by atoms with Gasteiger partial charge in [-0.25, -0.2) is 13.9 Å². The minimum atomic E-state index is -0.357. The number of hydrogen-bond acceptors (Lipinski definition) is 4. The number of carbonyl (C=O) groups is 1. The van der Waals surface area contributed by atoms with Crippen molar-refractivity contribution in [2.75, 3.05) is 29.9 Å². The molecule has 1 aliphatic rings. The van der Waals surface area contributed by atoms with Crippen LogP contribution in [0.4, 0.5) is 20.7 Å². The minimum absolute atomic E-state index is 0.00864. The Labute approximate surface area is 215 Å². The number of halogens is 1. The highest BCUT2D eigenvalue weighted by Gasteiger charge is 2.36. The Morgan fingerprint density at radius 3 is 2.38 bits per heavy atom. The minimum Gasteiger partial charge on any atom is -0.477 e. The van der Waals surface area contributed by atoms with E-state index in [1.807, 2.05) is 85.5 Å². The molecule has 4 aromatic rings. The molecule has 2 N–H and O–H groups in total. The fourth-order valence-corrected chi connectivity index (χ4v) is 4.86. The van der Waals surface area contributed by atoms with Gasteiger partial charge in [0.1, 0.15) is 11.6 Å². The Morgan fingerprint density at radius 2 is 1.68 bits per heavy atom. The van der Waals surface area contributed by atoms with Crippen LogP contribution in [-0.4, -0.2) is 41.5 Å². The quantitative estimate of drug-likeness (QED) is 0.352. The third-order valence-corrected chi connectivity index (χ3v) is 6.65. The fourth-order valence-electron chi connectivity index (χ4n) is 4.86. The van der Waals surface area contributed by atoms with Gasteiger partial charge in [0.25, 0.3) is 0 Å². The molecule has 1 aliphatic heterocycles. The lowest BCUT2D eigenvalue weighted by atomic mass is 9.94. The Kier molecular flexibility index (Phi) is 7.07. The number of hydrogen-bond donors (Lipinski definition) is 2. The molecule has 37 heavy (non-hydrogen) atoms. The number of para-hydroxylation sites is 2. The number of aromatic nitrogens is 2. The average molecular weight is 500 g/mol. The molecule has 2 unspecified atom stereocenters. The highest BCUT2D eigenvalue weighted by Crippen LogP contribution is 2.33. The van der Waals surface area contributed by atoms with Crippen LogP contribution < -0.4 is 20.3 Å². The summed E-state index contributed by atoms with van der Waals surface area (Å²) in [6, 6.07) is 25.8. The normalized spacial score (nSPS) is 17.0. The van der Waals surface area contributed by atoms with Crippen LogP contribution in [0.3, 0.4) is 0 Å². The van der Waals surface area contributed by atoms with Crippen LogP contribution in [0.2, 0.25) is 0 Å². The van der Waals surface area contributed by atoms with E-state index in [1.54, 1.807) is 16.8 Å². The summed E-state index contributed by atoms with van der Waals surface area (Å²) >= 11 is 0. The fraction of sp³-hybridized carbons (Fsp3) is 0.241. The largest absolute Gasteiger partial charge is 0.477 e. The molecule has 7 nitrogen and oxygen atoms in total. The third kappa shape index (κ3) is 5.14. The van der Waals surface area contributed by atoms with Gasteiger partial charge in [0, 0.05) is 19.0 Å². The van der Waals surface area contributed by atoms with Crippen LogP contribution in [0.25, 0.3) is 5.69 Å². The van der Waals surface area contributed by atoms with Crippen molar-refractivity contribution in [3.8, 4) is 11.6 Å². The molecule has 1 saturated heterocycles. The van der Waals surface area contributed by atoms with Crippen LogP contribution >= 0.6 is 0 Å². The van der Waals surface area contributed by atoms with Gasteiger partial charge in [-0.2, -0.15) is 0 Å². The monoisotopic (exact) mass is 499 g/mol. The summed E-state index contributed by atoms with van der Waals surface area (Å²) in [5.41, 5.74) is 3.17. The zero-order valence-corrected chi connectivity index (χ0v) is 20.9. The van der Waals surface area contributed by atoms with Gasteiger partial charge in [-0.1, -0.05) is 60.7 Å². The summed E-state index contributed by atoms with van der Waals surface area (Å²) in [7, 11) is 0. The molecule has 0 saturated carbocycles. The first-order valence-corrected chi connectivity index (χ1v) is 12.4. The zero-order chi connectivity index (χ0) is 25.8. The Balaban J connectivity index is 1.40. The van der Waals surface area contributed by atoms with E-state index in [9.17, 15) is 9.18 Å². The third-order valence-electron chi connectivity index (χ3n) is 6.65. The summed E-state index contributed by atoms with van der Waals surface area (Å²) in [6.07, 6.45) is 0. The van der Waals surface area contributed by atoms with E-state index in [2.05, 4.69) is 15.7 Å². The first-order valence-electron chi connectivity index (χ1n) is 12.4. The number of amides is 2. The van der Waals surface area contributed by atoms with Gasteiger partial charge in [-0.3, -0.25) is 5.32 Å². The molecular formula is C29H30FN5O2. The molecule has 0 spiro atoms. The van der Waals surface area contributed by atoms with Crippen LogP contribution in [0, 0.1) is 12.7 Å². The second kappa shape index (κ2) is 10.7.